The lowest BCUT2D eigenvalue weighted by atomic mass is 10.2. The number of carbonyl (C=O) groups excluding carboxylic acids is 1. The Morgan fingerprint density at radius 1 is 1.53 bits per heavy atom. The van der Waals surface area contributed by atoms with Gasteiger partial charge in [0.2, 0.25) is 0 Å². The van der Waals surface area contributed by atoms with Crippen molar-refractivity contribution in [3.63, 3.8) is 0 Å². The zero-order chi connectivity index (χ0) is 14.6. The van der Waals surface area contributed by atoms with Gasteiger partial charge in [0.25, 0.3) is 0 Å². The third-order valence-electron chi connectivity index (χ3n) is 1.95. The highest BCUT2D eigenvalue weighted by molar-refractivity contribution is 14.1. The van der Waals surface area contributed by atoms with E-state index < -0.39 is 18.1 Å². The number of pyridine rings is 1. The number of esters is 1. The number of carbonyl (C=O) groups is 1. The molecule has 1 heterocycles. The van der Waals surface area contributed by atoms with E-state index in [1.165, 1.54) is 6.92 Å². The van der Waals surface area contributed by atoms with Crippen LogP contribution >= 0.6 is 22.6 Å². The normalized spacial score (nSPS) is 11.3. The maximum absolute atomic E-state index is 12.4. The Bertz CT molecular complexity index is 480. The lowest BCUT2D eigenvalue weighted by Crippen LogP contribution is -2.21. The van der Waals surface area contributed by atoms with Crippen LogP contribution in [0.1, 0.15) is 23.0 Å². The van der Waals surface area contributed by atoms with Gasteiger partial charge in [-0.25, -0.2) is 4.79 Å². The molecule has 0 atom stereocenters. The van der Waals surface area contributed by atoms with E-state index in [4.69, 9.17) is 5.73 Å². The lowest BCUT2D eigenvalue weighted by Gasteiger charge is -2.15. The Kier molecular flexibility index (Phi) is 5.35. The molecule has 5 nitrogen and oxygen atoms in total. The minimum Gasteiger partial charge on any atom is -0.462 e. The fourth-order valence-corrected chi connectivity index (χ4v) is 1.98. The highest BCUT2D eigenvalue weighted by Crippen LogP contribution is 2.32. The topological polar surface area (TPSA) is 74.4 Å². The van der Waals surface area contributed by atoms with Gasteiger partial charge < -0.3 is 15.2 Å². The van der Waals surface area contributed by atoms with Gasteiger partial charge in [0, 0.05) is 12.7 Å². The van der Waals surface area contributed by atoms with Crippen LogP contribution in [0, 0.1) is 3.57 Å². The highest BCUT2D eigenvalue weighted by Gasteiger charge is 2.35. The Labute approximate surface area is 120 Å². The molecule has 0 radical (unpaired) electrons. The first kappa shape index (κ1) is 16.0. The summed E-state index contributed by atoms with van der Waals surface area (Å²) in [4.78, 5) is 15.4. The van der Waals surface area contributed by atoms with Crippen LogP contribution in [-0.4, -0.2) is 23.9 Å². The summed E-state index contributed by atoms with van der Waals surface area (Å²) in [6, 6.07) is 0. The Morgan fingerprint density at radius 3 is 2.63 bits per heavy atom. The predicted octanol–water partition coefficient (Wildman–Crippen LogP) is 2.22. The quantitative estimate of drug-likeness (QED) is 0.631. The average molecular weight is 390 g/mol. The maximum Gasteiger partial charge on any atom is 0.573 e. The first-order valence-electron chi connectivity index (χ1n) is 5.10. The second-order valence-electron chi connectivity index (χ2n) is 3.23. The van der Waals surface area contributed by atoms with Crippen molar-refractivity contribution in [2.45, 2.75) is 19.8 Å². The van der Waals surface area contributed by atoms with E-state index in [0.29, 0.717) is 0 Å². The van der Waals surface area contributed by atoms with Gasteiger partial charge in [0.1, 0.15) is 5.56 Å². The van der Waals surface area contributed by atoms with E-state index >= 15 is 0 Å². The molecule has 19 heavy (non-hydrogen) atoms. The molecule has 0 saturated carbocycles. The number of hydrogen-bond acceptors (Lipinski definition) is 5. The summed E-state index contributed by atoms with van der Waals surface area (Å²) < 4.78 is 45.6. The van der Waals surface area contributed by atoms with Crippen molar-refractivity contribution in [2.75, 3.05) is 6.61 Å². The van der Waals surface area contributed by atoms with Crippen LogP contribution in [-0.2, 0) is 11.3 Å². The summed E-state index contributed by atoms with van der Waals surface area (Å²) >= 11 is 1.59. The average Bonchev–Trinajstić information content (AvgIpc) is 2.30. The number of alkyl halides is 3. The zero-order valence-electron chi connectivity index (χ0n) is 9.75. The number of halogens is 4. The molecule has 1 rings (SSSR count). The SMILES string of the molecule is CCOC(=O)c1cnc(CN)c(I)c1OC(F)(F)F. The minimum absolute atomic E-state index is 0.0273. The van der Waals surface area contributed by atoms with E-state index in [9.17, 15) is 18.0 Å². The fourth-order valence-electron chi connectivity index (χ4n) is 1.22. The van der Waals surface area contributed by atoms with Gasteiger partial charge in [-0.2, -0.15) is 0 Å². The molecule has 0 unspecified atom stereocenters. The van der Waals surface area contributed by atoms with Gasteiger partial charge in [-0.1, -0.05) is 0 Å². The van der Waals surface area contributed by atoms with Crippen molar-refractivity contribution in [1.29, 1.82) is 0 Å². The molecule has 0 saturated heterocycles. The smallest absolute Gasteiger partial charge is 0.462 e. The Balaban J connectivity index is 3.30. The van der Waals surface area contributed by atoms with Crippen LogP contribution in [0.3, 0.4) is 0 Å². The molecule has 0 aliphatic rings. The molecule has 0 amide bonds. The number of rotatable bonds is 4. The molecule has 0 aliphatic heterocycles. The summed E-state index contributed by atoms with van der Waals surface area (Å²) in [5.41, 5.74) is 5.16. The van der Waals surface area contributed by atoms with E-state index in [-0.39, 0.29) is 28.0 Å². The van der Waals surface area contributed by atoms with Crippen molar-refractivity contribution in [2.24, 2.45) is 5.73 Å². The third-order valence-corrected chi connectivity index (χ3v) is 3.07. The standard InChI is InChI=1S/C10H10F3IN2O3/c1-2-18-9(17)5-4-16-6(3-15)7(14)8(5)19-10(11,12)13/h4H,2-3,15H2,1H3. The molecule has 2 N–H and O–H groups in total. The zero-order valence-corrected chi connectivity index (χ0v) is 11.9. The number of nitrogens with zero attached hydrogens (tertiary/aromatic N) is 1. The van der Waals surface area contributed by atoms with Gasteiger partial charge in [0.15, 0.2) is 5.75 Å². The molecular weight excluding hydrogens is 380 g/mol. The predicted molar refractivity (Wildman–Crippen MR) is 67.5 cm³/mol. The molecule has 0 fully saturated rings. The van der Waals surface area contributed by atoms with Crippen LogP contribution in [0.4, 0.5) is 13.2 Å². The number of hydrogen-bond donors (Lipinski definition) is 1. The van der Waals surface area contributed by atoms with Gasteiger partial charge in [-0.3, -0.25) is 4.98 Å². The monoisotopic (exact) mass is 390 g/mol. The largest absolute Gasteiger partial charge is 0.573 e. The Hall–Kier alpha value is -1.10. The van der Waals surface area contributed by atoms with Crippen LogP contribution in [0.15, 0.2) is 6.20 Å². The molecular formula is C10H10F3IN2O3. The molecule has 0 spiro atoms. The lowest BCUT2D eigenvalue weighted by molar-refractivity contribution is -0.275. The minimum atomic E-state index is -4.92. The van der Waals surface area contributed by atoms with Crippen LogP contribution in [0.5, 0.6) is 5.75 Å². The van der Waals surface area contributed by atoms with E-state index in [0.717, 1.165) is 6.20 Å². The summed E-state index contributed by atoms with van der Waals surface area (Å²) in [5, 5.41) is 0. The Morgan fingerprint density at radius 2 is 2.16 bits per heavy atom. The van der Waals surface area contributed by atoms with Crippen molar-refractivity contribution in [3.05, 3.63) is 21.0 Å². The molecule has 0 aromatic carbocycles. The van der Waals surface area contributed by atoms with Crippen LogP contribution in [0.25, 0.3) is 0 Å². The van der Waals surface area contributed by atoms with Crippen molar-refractivity contribution in [3.8, 4) is 5.75 Å². The summed E-state index contributed by atoms with van der Waals surface area (Å²) in [7, 11) is 0. The second-order valence-corrected chi connectivity index (χ2v) is 4.31. The van der Waals surface area contributed by atoms with Gasteiger partial charge in [0.05, 0.1) is 15.9 Å². The summed E-state index contributed by atoms with van der Waals surface area (Å²) in [6.45, 7) is 1.49. The number of ether oxygens (including phenoxy) is 2. The summed E-state index contributed by atoms with van der Waals surface area (Å²) in [5.74, 6) is -1.57. The van der Waals surface area contributed by atoms with Crippen molar-refractivity contribution in [1.82, 2.24) is 4.98 Å². The number of aromatic nitrogens is 1. The first-order valence-corrected chi connectivity index (χ1v) is 6.18. The van der Waals surface area contributed by atoms with E-state index in [2.05, 4.69) is 14.5 Å². The molecule has 9 heteroatoms. The van der Waals surface area contributed by atoms with Crippen molar-refractivity contribution < 1.29 is 27.4 Å². The summed E-state index contributed by atoms with van der Waals surface area (Å²) in [6.07, 6.45) is -3.96. The molecule has 1 aromatic heterocycles. The highest BCUT2D eigenvalue weighted by atomic mass is 127. The first-order chi connectivity index (χ1) is 8.80. The van der Waals surface area contributed by atoms with E-state index in [1.807, 2.05) is 0 Å². The van der Waals surface area contributed by atoms with Crippen LogP contribution in [0.2, 0.25) is 0 Å². The third kappa shape index (κ3) is 4.20. The fraction of sp³-hybridized carbons (Fsp3) is 0.400. The second kappa shape index (κ2) is 6.37. The van der Waals surface area contributed by atoms with E-state index in [1.54, 1.807) is 22.6 Å². The molecule has 106 valence electrons. The van der Waals surface area contributed by atoms with Gasteiger partial charge in [-0.15, -0.1) is 13.2 Å². The van der Waals surface area contributed by atoms with Gasteiger partial charge in [-0.05, 0) is 29.5 Å². The maximum atomic E-state index is 12.4. The molecule has 0 aliphatic carbocycles. The van der Waals surface area contributed by atoms with Crippen molar-refractivity contribution >= 4 is 28.6 Å². The van der Waals surface area contributed by atoms with Crippen LogP contribution < -0.4 is 10.5 Å². The number of nitrogens with two attached hydrogens (primary N) is 1. The molecule has 0 bridgehead atoms. The van der Waals surface area contributed by atoms with Gasteiger partial charge >= 0.3 is 12.3 Å². The molecule has 1 aromatic rings.